The van der Waals surface area contributed by atoms with E-state index >= 15 is 0 Å². The van der Waals surface area contributed by atoms with Crippen LogP contribution in [0.15, 0.2) is 24.3 Å². The van der Waals surface area contributed by atoms with Crippen molar-refractivity contribution in [1.29, 1.82) is 0 Å². The first-order chi connectivity index (χ1) is 4.97. The van der Waals surface area contributed by atoms with Crippen LogP contribution in [0.2, 0.25) is 0 Å². The molecular weight excluding hydrogens is 120 g/mol. The van der Waals surface area contributed by atoms with Crippen LogP contribution in [0, 0.1) is 6.42 Å². The summed E-state index contributed by atoms with van der Waals surface area (Å²) >= 11 is 0. The smallest absolute Gasteiger partial charge is 0.0123 e. The second kappa shape index (κ2) is 2.45. The molecular formula is C10H10. The van der Waals surface area contributed by atoms with Gasteiger partial charge in [0.15, 0.2) is 0 Å². The monoisotopic (exact) mass is 130 g/mol. The van der Waals surface area contributed by atoms with Crippen molar-refractivity contribution in [3.63, 3.8) is 0 Å². The van der Waals surface area contributed by atoms with Crippen molar-refractivity contribution in [2.45, 2.75) is 19.3 Å². The molecule has 2 radical (unpaired) electrons. The van der Waals surface area contributed by atoms with E-state index in [2.05, 4.69) is 30.7 Å². The van der Waals surface area contributed by atoms with Gasteiger partial charge in [0.05, 0.1) is 0 Å². The highest BCUT2D eigenvalue weighted by atomic mass is 14.1. The average Bonchev–Trinajstić information content (AvgIpc) is 2.05. The van der Waals surface area contributed by atoms with E-state index in [-0.39, 0.29) is 0 Å². The number of hydrogen-bond donors (Lipinski definition) is 0. The predicted octanol–water partition coefficient (Wildman–Crippen LogP) is 2.26. The molecule has 10 heavy (non-hydrogen) atoms. The molecule has 0 aliphatic heterocycles. The molecule has 2 rings (SSSR count). The first kappa shape index (κ1) is 5.96. The Morgan fingerprint density at radius 2 is 1.90 bits per heavy atom. The molecule has 1 aromatic rings. The number of fused-ring (bicyclic) bond motifs is 1. The zero-order valence-corrected chi connectivity index (χ0v) is 5.93. The highest BCUT2D eigenvalue weighted by molar-refractivity contribution is 5.30. The third-order valence-corrected chi connectivity index (χ3v) is 2.00. The molecule has 50 valence electrons. The van der Waals surface area contributed by atoms with Crippen molar-refractivity contribution in [2.75, 3.05) is 0 Å². The first-order valence-corrected chi connectivity index (χ1v) is 3.74. The molecule has 0 atom stereocenters. The molecule has 1 aliphatic rings. The molecule has 0 heterocycles. The lowest BCUT2D eigenvalue weighted by Gasteiger charge is -2.13. The van der Waals surface area contributed by atoms with Crippen LogP contribution in [-0.2, 0) is 12.8 Å². The molecule has 0 saturated carbocycles. The van der Waals surface area contributed by atoms with E-state index in [0.29, 0.717) is 0 Å². The zero-order chi connectivity index (χ0) is 6.81. The Balaban J connectivity index is 2.41. The molecule has 0 spiro atoms. The molecule has 0 saturated heterocycles. The van der Waals surface area contributed by atoms with Crippen LogP contribution in [0.1, 0.15) is 17.5 Å². The minimum absolute atomic E-state index is 1.05. The topological polar surface area (TPSA) is 0 Å². The van der Waals surface area contributed by atoms with E-state index in [4.69, 9.17) is 0 Å². The van der Waals surface area contributed by atoms with Crippen molar-refractivity contribution < 1.29 is 0 Å². The number of hydrogen-bond acceptors (Lipinski definition) is 0. The lowest BCUT2D eigenvalue weighted by Crippen LogP contribution is -2.01. The van der Waals surface area contributed by atoms with E-state index in [1.807, 2.05) is 0 Å². The molecule has 0 heteroatoms. The van der Waals surface area contributed by atoms with Gasteiger partial charge in [-0.3, -0.25) is 0 Å². The first-order valence-electron chi connectivity index (χ1n) is 3.74. The Labute approximate surface area is 61.9 Å². The van der Waals surface area contributed by atoms with Gasteiger partial charge in [-0.1, -0.05) is 24.3 Å². The number of aryl methyl sites for hydroxylation is 1. The van der Waals surface area contributed by atoms with Gasteiger partial charge in [0, 0.05) is 0 Å². The lowest BCUT2D eigenvalue weighted by atomic mass is 9.92. The van der Waals surface area contributed by atoms with Crippen molar-refractivity contribution >= 4 is 0 Å². The maximum Gasteiger partial charge on any atom is -0.0123 e. The Bertz CT molecular complexity index is 200. The van der Waals surface area contributed by atoms with Crippen LogP contribution >= 0.6 is 0 Å². The summed E-state index contributed by atoms with van der Waals surface area (Å²) in [5, 5.41) is 0. The van der Waals surface area contributed by atoms with E-state index < -0.39 is 0 Å². The summed E-state index contributed by atoms with van der Waals surface area (Å²) in [5.74, 6) is 0. The molecule has 0 unspecified atom stereocenters. The minimum atomic E-state index is 1.05. The fraction of sp³-hybridized carbons (Fsp3) is 0.300. The van der Waals surface area contributed by atoms with Gasteiger partial charge in [-0.05, 0) is 36.8 Å². The van der Waals surface area contributed by atoms with Crippen molar-refractivity contribution in [3.8, 4) is 0 Å². The summed E-state index contributed by atoms with van der Waals surface area (Å²) in [5.41, 5.74) is 2.98. The van der Waals surface area contributed by atoms with Crippen LogP contribution in [0.4, 0.5) is 0 Å². The third kappa shape index (κ3) is 0.942. The summed E-state index contributed by atoms with van der Waals surface area (Å²) in [7, 11) is 0. The largest absolute Gasteiger partial charge is 0.0620 e. The van der Waals surface area contributed by atoms with Crippen molar-refractivity contribution in [2.24, 2.45) is 0 Å². The van der Waals surface area contributed by atoms with Gasteiger partial charge in [-0.25, -0.2) is 0 Å². The van der Waals surface area contributed by atoms with Crippen LogP contribution < -0.4 is 0 Å². The normalized spacial score (nSPS) is 16.4. The van der Waals surface area contributed by atoms with E-state index in [1.165, 1.54) is 17.5 Å². The molecule has 1 aromatic carbocycles. The fourth-order valence-electron chi connectivity index (χ4n) is 1.42. The summed E-state index contributed by atoms with van der Waals surface area (Å²) in [6.07, 6.45) is 6.72. The third-order valence-electron chi connectivity index (χ3n) is 2.00. The predicted molar refractivity (Wildman–Crippen MR) is 41.7 cm³/mol. The van der Waals surface area contributed by atoms with Gasteiger partial charge >= 0.3 is 0 Å². The highest BCUT2D eigenvalue weighted by Gasteiger charge is 2.06. The average molecular weight is 130 g/mol. The zero-order valence-electron chi connectivity index (χ0n) is 5.93. The minimum Gasteiger partial charge on any atom is -0.0620 e. The van der Waals surface area contributed by atoms with Crippen molar-refractivity contribution in [1.82, 2.24) is 0 Å². The van der Waals surface area contributed by atoms with Crippen LogP contribution in [-0.4, -0.2) is 0 Å². The molecule has 0 amide bonds. The molecule has 0 aromatic heterocycles. The number of benzene rings is 1. The Morgan fingerprint density at radius 3 is 2.70 bits per heavy atom. The van der Waals surface area contributed by atoms with Crippen LogP contribution in [0.25, 0.3) is 0 Å². The Morgan fingerprint density at radius 1 is 1.10 bits per heavy atom. The van der Waals surface area contributed by atoms with Gasteiger partial charge in [-0.2, -0.15) is 0 Å². The SMILES string of the molecule is [C]1CCc2ccccc2C1. The second-order valence-corrected chi connectivity index (χ2v) is 2.70. The molecule has 0 bridgehead atoms. The lowest BCUT2D eigenvalue weighted by molar-refractivity contribution is 0.829. The van der Waals surface area contributed by atoms with E-state index in [0.717, 1.165) is 12.8 Å². The summed E-state index contributed by atoms with van der Waals surface area (Å²) < 4.78 is 0. The van der Waals surface area contributed by atoms with Crippen molar-refractivity contribution in [3.05, 3.63) is 41.8 Å². The second-order valence-electron chi connectivity index (χ2n) is 2.70. The summed E-state index contributed by atoms with van der Waals surface area (Å²) in [6, 6.07) is 8.63. The molecule has 0 N–H and O–H groups in total. The van der Waals surface area contributed by atoms with E-state index in [9.17, 15) is 0 Å². The maximum atomic E-state index is 3.34. The van der Waals surface area contributed by atoms with Crippen LogP contribution in [0.5, 0.6) is 0 Å². The standard InChI is InChI=1S/C10H10/c1-2-6-10-8-4-3-7-9(10)5-1/h1-2,5-6H,3,7-8H2. The molecule has 0 fully saturated rings. The highest BCUT2D eigenvalue weighted by Crippen LogP contribution is 2.19. The van der Waals surface area contributed by atoms with Crippen LogP contribution in [0.3, 0.4) is 0 Å². The van der Waals surface area contributed by atoms with Gasteiger partial charge in [0.2, 0.25) is 0 Å². The summed E-state index contributed by atoms with van der Waals surface area (Å²) in [6.45, 7) is 0. The molecule has 0 nitrogen and oxygen atoms in total. The Hall–Kier alpha value is -0.780. The van der Waals surface area contributed by atoms with Gasteiger partial charge in [0.1, 0.15) is 0 Å². The van der Waals surface area contributed by atoms with Gasteiger partial charge in [-0.15, -0.1) is 0 Å². The number of rotatable bonds is 0. The quantitative estimate of drug-likeness (QED) is 0.505. The maximum absolute atomic E-state index is 3.34. The molecule has 1 aliphatic carbocycles. The fourth-order valence-corrected chi connectivity index (χ4v) is 1.42. The Kier molecular flexibility index (Phi) is 1.46. The van der Waals surface area contributed by atoms with Gasteiger partial charge in [0.25, 0.3) is 0 Å². The summed E-state index contributed by atoms with van der Waals surface area (Å²) in [4.78, 5) is 0. The van der Waals surface area contributed by atoms with Gasteiger partial charge < -0.3 is 0 Å². The van der Waals surface area contributed by atoms with E-state index in [1.54, 1.807) is 0 Å².